The maximum atomic E-state index is 13.5. The summed E-state index contributed by atoms with van der Waals surface area (Å²) in [5.41, 5.74) is 2.87. The molecule has 0 unspecified atom stereocenters. The van der Waals surface area contributed by atoms with Crippen molar-refractivity contribution in [2.24, 2.45) is 0 Å². The summed E-state index contributed by atoms with van der Waals surface area (Å²) in [6.45, 7) is 5.11. The molecular formula is C23H22F2N6. The predicted molar refractivity (Wildman–Crippen MR) is 114 cm³/mol. The molecule has 2 aromatic carbocycles. The first-order valence-corrected chi connectivity index (χ1v) is 10.3. The van der Waals surface area contributed by atoms with Gasteiger partial charge in [0.2, 0.25) is 0 Å². The average Bonchev–Trinajstić information content (AvgIpc) is 3.25. The first-order chi connectivity index (χ1) is 15.1. The highest BCUT2D eigenvalue weighted by atomic mass is 19.1. The molecule has 0 spiro atoms. The zero-order chi connectivity index (χ0) is 21.4. The van der Waals surface area contributed by atoms with Gasteiger partial charge in [-0.05, 0) is 42.3 Å². The third-order valence-electron chi connectivity index (χ3n) is 5.74. The number of benzene rings is 2. The van der Waals surface area contributed by atoms with Crippen LogP contribution in [0.25, 0.3) is 5.78 Å². The number of rotatable bonds is 4. The molecule has 0 radical (unpaired) electrons. The molecule has 158 valence electrons. The summed E-state index contributed by atoms with van der Waals surface area (Å²) in [4.78, 5) is 13.3. The number of nitrogens with zero attached hydrogens (tertiary/aromatic N) is 6. The van der Waals surface area contributed by atoms with Crippen LogP contribution < -0.4 is 4.90 Å². The van der Waals surface area contributed by atoms with Crippen LogP contribution in [0.1, 0.15) is 22.9 Å². The molecule has 0 aliphatic carbocycles. The van der Waals surface area contributed by atoms with E-state index in [1.165, 1.54) is 30.6 Å². The first-order valence-electron chi connectivity index (χ1n) is 10.3. The lowest BCUT2D eigenvalue weighted by Crippen LogP contribution is -2.48. The molecule has 8 heteroatoms. The number of halogens is 2. The van der Waals surface area contributed by atoms with E-state index in [-0.39, 0.29) is 17.7 Å². The van der Waals surface area contributed by atoms with E-state index in [4.69, 9.17) is 0 Å². The topological polar surface area (TPSA) is 49.6 Å². The molecule has 3 heterocycles. The number of aromatic nitrogens is 4. The minimum atomic E-state index is -0.267. The Bertz CT molecular complexity index is 1140. The fourth-order valence-electron chi connectivity index (χ4n) is 4.25. The fourth-order valence-corrected chi connectivity index (χ4v) is 4.25. The molecule has 5 rings (SSSR count). The van der Waals surface area contributed by atoms with Crippen LogP contribution in [0.3, 0.4) is 0 Å². The van der Waals surface area contributed by atoms with Gasteiger partial charge in [0.25, 0.3) is 5.78 Å². The summed E-state index contributed by atoms with van der Waals surface area (Å²) in [6, 6.07) is 15.1. The Kier molecular flexibility index (Phi) is 5.07. The SMILES string of the molecule is Cc1cc(N2CCN(C(c3ccc(F)cc3)c3ccc(F)cc3)CC2)n2ncnc2n1. The molecule has 0 saturated carbocycles. The molecule has 1 aliphatic heterocycles. The molecule has 1 saturated heterocycles. The lowest BCUT2D eigenvalue weighted by atomic mass is 9.96. The second-order valence-electron chi connectivity index (χ2n) is 7.76. The van der Waals surface area contributed by atoms with Gasteiger partial charge in [-0.15, -0.1) is 0 Å². The van der Waals surface area contributed by atoms with E-state index >= 15 is 0 Å². The van der Waals surface area contributed by atoms with Gasteiger partial charge in [0.15, 0.2) is 0 Å². The van der Waals surface area contributed by atoms with Crippen molar-refractivity contribution in [2.45, 2.75) is 13.0 Å². The van der Waals surface area contributed by atoms with E-state index < -0.39 is 0 Å². The predicted octanol–water partition coefficient (Wildman–Crippen LogP) is 3.62. The van der Waals surface area contributed by atoms with Crippen LogP contribution in [0.2, 0.25) is 0 Å². The number of anilines is 1. The monoisotopic (exact) mass is 420 g/mol. The Morgan fingerprint density at radius 2 is 1.42 bits per heavy atom. The van der Waals surface area contributed by atoms with E-state index in [0.717, 1.165) is 48.8 Å². The summed E-state index contributed by atoms with van der Waals surface area (Å²) in [5, 5.41) is 4.32. The lowest BCUT2D eigenvalue weighted by Gasteiger charge is -2.40. The average molecular weight is 420 g/mol. The van der Waals surface area contributed by atoms with Gasteiger partial charge in [0.05, 0.1) is 6.04 Å². The van der Waals surface area contributed by atoms with E-state index in [1.807, 2.05) is 13.0 Å². The van der Waals surface area contributed by atoms with Crippen LogP contribution >= 0.6 is 0 Å². The Morgan fingerprint density at radius 3 is 2.00 bits per heavy atom. The first kappa shape index (κ1) is 19.6. The van der Waals surface area contributed by atoms with Crippen molar-refractivity contribution in [3.63, 3.8) is 0 Å². The van der Waals surface area contributed by atoms with E-state index in [2.05, 4.69) is 24.9 Å². The van der Waals surface area contributed by atoms with Crippen molar-refractivity contribution in [3.8, 4) is 0 Å². The van der Waals surface area contributed by atoms with Crippen LogP contribution in [0.4, 0.5) is 14.6 Å². The van der Waals surface area contributed by atoms with Gasteiger partial charge in [0, 0.05) is 37.9 Å². The number of hydrogen-bond donors (Lipinski definition) is 0. The second-order valence-corrected chi connectivity index (χ2v) is 7.76. The molecule has 0 N–H and O–H groups in total. The Hall–Kier alpha value is -3.39. The third kappa shape index (κ3) is 3.86. The summed E-state index contributed by atoms with van der Waals surface area (Å²) >= 11 is 0. The summed E-state index contributed by atoms with van der Waals surface area (Å²) < 4.78 is 28.8. The van der Waals surface area contributed by atoms with Crippen molar-refractivity contribution in [1.29, 1.82) is 0 Å². The summed E-state index contributed by atoms with van der Waals surface area (Å²) in [7, 11) is 0. The van der Waals surface area contributed by atoms with Crippen LogP contribution in [-0.4, -0.2) is 50.7 Å². The van der Waals surface area contributed by atoms with Crippen LogP contribution in [-0.2, 0) is 0 Å². The van der Waals surface area contributed by atoms with Crippen LogP contribution in [0, 0.1) is 18.6 Å². The van der Waals surface area contributed by atoms with Crippen LogP contribution in [0.15, 0.2) is 60.9 Å². The summed E-state index contributed by atoms with van der Waals surface area (Å²) in [6.07, 6.45) is 1.51. The number of hydrogen-bond acceptors (Lipinski definition) is 5. The maximum absolute atomic E-state index is 13.5. The van der Waals surface area contributed by atoms with Gasteiger partial charge in [-0.2, -0.15) is 14.6 Å². The van der Waals surface area contributed by atoms with Crippen molar-refractivity contribution < 1.29 is 8.78 Å². The Labute approximate surface area is 178 Å². The van der Waals surface area contributed by atoms with Crippen molar-refractivity contribution >= 4 is 11.6 Å². The summed E-state index contributed by atoms with van der Waals surface area (Å²) in [5.74, 6) is 1.03. The molecule has 6 nitrogen and oxygen atoms in total. The fraction of sp³-hybridized carbons (Fsp3) is 0.261. The second kappa shape index (κ2) is 8.03. The van der Waals surface area contributed by atoms with Gasteiger partial charge < -0.3 is 4.90 Å². The Morgan fingerprint density at radius 1 is 0.839 bits per heavy atom. The zero-order valence-corrected chi connectivity index (χ0v) is 17.1. The molecule has 1 aliphatic rings. The highest BCUT2D eigenvalue weighted by Crippen LogP contribution is 2.31. The minimum absolute atomic E-state index is 0.0751. The zero-order valence-electron chi connectivity index (χ0n) is 17.1. The molecule has 31 heavy (non-hydrogen) atoms. The standard InChI is InChI=1S/C23H22F2N6/c1-16-14-21(31-23(28-16)26-15-27-31)29-10-12-30(13-11-29)22(17-2-6-19(24)7-3-17)18-4-8-20(25)9-5-18/h2-9,14-15,22H,10-13H2,1H3. The van der Waals surface area contributed by atoms with Gasteiger partial charge in [-0.1, -0.05) is 24.3 Å². The molecule has 0 bridgehead atoms. The number of fused-ring (bicyclic) bond motifs is 1. The molecular weight excluding hydrogens is 398 g/mol. The van der Waals surface area contributed by atoms with E-state index in [9.17, 15) is 8.78 Å². The highest BCUT2D eigenvalue weighted by Gasteiger charge is 2.27. The van der Waals surface area contributed by atoms with Crippen molar-refractivity contribution in [3.05, 3.63) is 89.4 Å². The van der Waals surface area contributed by atoms with Gasteiger partial charge in [0.1, 0.15) is 23.8 Å². The molecule has 0 amide bonds. The number of aryl methyl sites for hydroxylation is 1. The number of piperazine rings is 1. The molecule has 2 aromatic heterocycles. The van der Waals surface area contributed by atoms with Gasteiger partial charge in [-0.3, -0.25) is 4.90 Å². The Balaban J connectivity index is 1.42. The molecule has 4 aromatic rings. The lowest BCUT2D eigenvalue weighted by molar-refractivity contribution is 0.211. The maximum Gasteiger partial charge on any atom is 0.254 e. The minimum Gasteiger partial charge on any atom is -0.354 e. The van der Waals surface area contributed by atoms with E-state index in [1.54, 1.807) is 28.8 Å². The third-order valence-corrected chi connectivity index (χ3v) is 5.74. The van der Waals surface area contributed by atoms with Gasteiger partial charge in [-0.25, -0.2) is 13.8 Å². The van der Waals surface area contributed by atoms with Crippen molar-refractivity contribution in [2.75, 3.05) is 31.1 Å². The molecule has 1 fully saturated rings. The van der Waals surface area contributed by atoms with Crippen molar-refractivity contribution in [1.82, 2.24) is 24.5 Å². The highest BCUT2D eigenvalue weighted by molar-refractivity contribution is 5.47. The smallest absolute Gasteiger partial charge is 0.254 e. The van der Waals surface area contributed by atoms with E-state index in [0.29, 0.717) is 5.78 Å². The molecule has 0 atom stereocenters. The largest absolute Gasteiger partial charge is 0.354 e. The van der Waals surface area contributed by atoms with Crippen LogP contribution in [0.5, 0.6) is 0 Å². The van der Waals surface area contributed by atoms with Gasteiger partial charge >= 0.3 is 0 Å². The quantitative estimate of drug-likeness (QED) is 0.505. The normalized spacial score (nSPS) is 15.2.